The lowest BCUT2D eigenvalue weighted by Gasteiger charge is -2.47. The smallest absolute Gasteiger partial charge is 0.248 e. The van der Waals surface area contributed by atoms with Gasteiger partial charge < -0.3 is 24.8 Å². The average molecular weight is 610 g/mol. The predicted octanol–water partition coefficient (Wildman–Crippen LogP) is 3.54. The molecule has 2 fully saturated rings. The van der Waals surface area contributed by atoms with Gasteiger partial charge in [0.2, 0.25) is 11.9 Å². The van der Waals surface area contributed by atoms with E-state index >= 15 is 0 Å². The molecule has 4 heterocycles. The maximum Gasteiger partial charge on any atom is 0.248 e. The Hall–Kier alpha value is -2.62. The number of hydrogen-bond acceptors (Lipinski definition) is 10. The molecule has 228 valence electrons. The predicted molar refractivity (Wildman–Crippen MR) is 147 cm³/mol. The lowest BCUT2D eigenvalue weighted by atomic mass is 9.79. The fourth-order valence-electron chi connectivity index (χ4n) is 5.64. The van der Waals surface area contributed by atoms with Gasteiger partial charge in [-0.15, -0.1) is 16.9 Å². The largest absolute Gasteiger partial charge is 0.394 e. The van der Waals surface area contributed by atoms with Crippen LogP contribution in [0.15, 0.2) is 36.8 Å². The summed E-state index contributed by atoms with van der Waals surface area (Å²) >= 11 is 1.16. The number of halogens is 3. The number of alkyl halides is 2. The van der Waals surface area contributed by atoms with Crippen molar-refractivity contribution in [3.05, 3.63) is 59.6 Å². The molecule has 10 nitrogen and oxygen atoms in total. The molecule has 3 aromatic heterocycles. The topological polar surface area (TPSA) is 136 Å². The first kappa shape index (κ1) is 30.8. The van der Waals surface area contributed by atoms with Crippen molar-refractivity contribution in [2.24, 2.45) is 0 Å². The average Bonchev–Trinajstić information content (AvgIpc) is 3.45. The quantitative estimate of drug-likeness (QED) is 0.326. The number of pyridine rings is 2. The fourth-order valence-corrected chi connectivity index (χ4v) is 7.41. The molecule has 14 heteroatoms. The van der Waals surface area contributed by atoms with Crippen LogP contribution in [0.2, 0.25) is 0 Å². The van der Waals surface area contributed by atoms with Crippen LogP contribution in [-0.2, 0) is 9.47 Å². The molecule has 6 atom stereocenters. The number of methoxy groups -OCH3 is 1. The number of aliphatic hydroxyl groups is 3. The SMILES string of the molecule is CO[C@@H]1[C@@H](n2cc(-c3cnc(F)c(C)c3)nn2)[C@@H](O)[C@@H](CO)O[C@H]1SC(c1ncccc1C)C1(O)CCC(F)(F)CC1. The highest BCUT2D eigenvalue weighted by molar-refractivity contribution is 8.00. The van der Waals surface area contributed by atoms with Gasteiger partial charge in [0.25, 0.3) is 0 Å². The summed E-state index contributed by atoms with van der Waals surface area (Å²) in [6.07, 6.45) is 0.0335. The molecule has 1 aliphatic heterocycles. The molecular formula is C28H34F3N5O5S. The maximum absolute atomic E-state index is 14.1. The number of rotatable bonds is 8. The van der Waals surface area contributed by atoms with E-state index < -0.39 is 72.0 Å². The van der Waals surface area contributed by atoms with Crippen molar-refractivity contribution in [2.45, 2.75) is 86.1 Å². The second-order valence-corrected chi connectivity index (χ2v) is 12.2. The highest BCUT2D eigenvalue weighted by atomic mass is 32.2. The third-order valence-corrected chi connectivity index (χ3v) is 9.71. The van der Waals surface area contributed by atoms with Crippen molar-refractivity contribution in [1.29, 1.82) is 0 Å². The van der Waals surface area contributed by atoms with Gasteiger partial charge in [0.05, 0.1) is 29.3 Å². The zero-order chi connectivity index (χ0) is 30.2. The van der Waals surface area contributed by atoms with Crippen molar-refractivity contribution in [2.75, 3.05) is 13.7 Å². The summed E-state index contributed by atoms with van der Waals surface area (Å²) in [6.45, 7) is 2.88. The molecule has 1 unspecified atom stereocenters. The Morgan fingerprint density at radius 2 is 1.93 bits per heavy atom. The molecule has 1 aliphatic carbocycles. The first-order valence-corrected chi connectivity index (χ1v) is 14.6. The second kappa shape index (κ2) is 12.2. The summed E-state index contributed by atoms with van der Waals surface area (Å²) in [7, 11) is 1.43. The summed E-state index contributed by atoms with van der Waals surface area (Å²) in [6, 6.07) is 4.26. The van der Waals surface area contributed by atoms with E-state index in [-0.39, 0.29) is 12.8 Å². The first-order chi connectivity index (χ1) is 20.0. The van der Waals surface area contributed by atoms with E-state index in [4.69, 9.17) is 9.47 Å². The van der Waals surface area contributed by atoms with Crippen LogP contribution in [0.4, 0.5) is 13.2 Å². The van der Waals surface area contributed by atoms with Crippen LogP contribution < -0.4 is 0 Å². The molecule has 0 radical (unpaired) electrons. The van der Waals surface area contributed by atoms with Gasteiger partial charge in [-0.3, -0.25) is 4.98 Å². The van der Waals surface area contributed by atoms with Gasteiger partial charge in [-0.25, -0.2) is 18.4 Å². The van der Waals surface area contributed by atoms with Gasteiger partial charge >= 0.3 is 0 Å². The Balaban J connectivity index is 1.50. The van der Waals surface area contributed by atoms with Gasteiger partial charge in [0, 0.05) is 43.5 Å². The third kappa shape index (κ3) is 6.06. The molecule has 5 rings (SSSR count). The summed E-state index contributed by atoms with van der Waals surface area (Å²) in [5.41, 5.74) is 0.103. The van der Waals surface area contributed by atoms with Crippen molar-refractivity contribution >= 4 is 11.8 Å². The lowest BCUT2D eigenvalue weighted by molar-refractivity contribution is -0.186. The molecule has 0 aromatic carbocycles. The molecule has 0 bridgehead atoms. The Kier molecular flexibility index (Phi) is 8.93. The molecule has 0 amide bonds. The highest BCUT2D eigenvalue weighted by Gasteiger charge is 2.53. The summed E-state index contributed by atoms with van der Waals surface area (Å²) < 4.78 is 55.4. The number of thioether (sulfide) groups is 1. The minimum atomic E-state index is -2.86. The van der Waals surface area contributed by atoms with Crippen LogP contribution in [0.1, 0.15) is 53.8 Å². The Bertz CT molecular complexity index is 1390. The molecular weight excluding hydrogens is 575 g/mol. The van der Waals surface area contributed by atoms with Crippen LogP contribution in [0.25, 0.3) is 11.3 Å². The zero-order valence-electron chi connectivity index (χ0n) is 23.4. The van der Waals surface area contributed by atoms with Crippen molar-refractivity contribution in [1.82, 2.24) is 25.0 Å². The minimum Gasteiger partial charge on any atom is -0.394 e. The van der Waals surface area contributed by atoms with Crippen LogP contribution in [0.3, 0.4) is 0 Å². The summed E-state index contributed by atoms with van der Waals surface area (Å²) in [5.74, 6) is -3.46. The third-order valence-electron chi connectivity index (χ3n) is 8.13. The van der Waals surface area contributed by atoms with E-state index in [2.05, 4.69) is 20.3 Å². The van der Waals surface area contributed by atoms with Crippen molar-refractivity contribution in [3.8, 4) is 11.3 Å². The van der Waals surface area contributed by atoms with Gasteiger partial charge in [-0.1, -0.05) is 11.3 Å². The molecule has 3 N–H and O–H groups in total. The van der Waals surface area contributed by atoms with Gasteiger partial charge in [-0.2, -0.15) is 4.39 Å². The Morgan fingerprint density at radius 1 is 1.19 bits per heavy atom. The summed E-state index contributed by atoms with van der Waals surface area (Å²) in [4.78, 5) is 8.25. The van der Waals surface area contributed by atoms with E-state index in [1.54, 1.807) is 31.5 Å². The number of nitrogens with zero attached hydrogens (tertiary/aromatic N) is 5. The van der Waals surface area contributed by atoms with E-state index in [1.807, 2.05) is 13.0 Å². The van der Waals surface area contributed by atoms with E-state index in [9.17, 15) is 28.5 Å². The number of ether oxygens (including phenoxy) is 2. The Labute approximate surface area is 245 Å². The minimum absolute atomic E-state index is 0.148. The van der Waals surface area contributed by atoms with Crippen LogP contribution in [-0.4, -0.2) is 89.3 Å². The van der Waals surface area contributed by atoms with Crippen molar-refractivity contribution < 1.29 is 38.0 Å². The number of aliphatic hydroxyl groups excluding tert-OH is 2. The van der Waals surface area contributed by atoms with Gasteiger partial charge in [0.1, 0.15) is 35.5 Å². The van der Waals surface area contributed by atoms with E-state index in [0.29, 0.717) is 22.5 Å². The number of hydrogen-bond donors (Lipinski definition) is 3. The standard InChI is InChI=1S/C28H34F3N5O5S/c1-15-5-4-10-32-20(15)24(27(39)6-8-28(30,31)9-7-27)42-26-23(40-3)21(22(38)19(14-37)41-26)36-13-18(34-35-36)17-11-16(2)25(29)33-12-17/h4-5,10-13,19,21-24,26,37-39H,6-9,14H2,1-3H3/t19-,21+,22+,23-,24?,26+/m1/s1. The summed E-state index contributed by atoms with van der Waals surface area (Å²) in [5, 5.41) is 40.8. The molecule has 1 saturated carbocycles. The molecule has 42 heavy (non-hydrogen) atoms. The van der Waals surface area contributed by atoms with E-state index in [0.717, 1.165) is 17.3 Å². The molecule has 0 spiro atoms. The number of aryl methyl sites for hydroxylation is 2. The van der Waals surface area contributed by atoms with Crippen LogP contribution in [0, 0.1) is 19.8 Å². The van der Waals surface area contributed by atoms with Gasteiger partial charge in [-0.05, 0) is 44.4 Å². The molecule has 2 aliphatic rings. The van der Waals surface area contributed by atoms with Gasteiger partial charge in [0.15, 0.2) is 0 Å². The highest BCUT2D eigenvalue weighted by Crippen LogP contribution is 2.53. The Morgan fingerprint density at radius 3 is 2.57 bits per heavy atom. The lowest BCUT2D eigenvalue weighted by Crippen LogP contribution is -2.56. The van der Waals surface area contributed by atoms with Crippen LogP contribution in [0.5, 0.6) is 0 Å². The zero-order valence-corrected chi connectivity index (χ0v) is 24.2. The second-order valence-electron chi connectivity index (χ2n) is 11.0. The monoisotopic (exact) mass is 609 g/mol. The number of aromatic nitrogens is 5. The van der Waals surface area contributed by atoms with Crippen LogP contribution >= 0.6 is 11.8 Å². The normalized spacial score (nSPS) is 28.0. The van der Waals surface area contributed by atoms with Crippen molar-refractivity contribution in [3.63, 3.8) is 0 Å². The fraction of sp³-hybridized carbons (Fsp3) is 0.571. The molecule has 3 aromatic rings. The maximum atomic E-state index is 14.1. The molecule has 1 saturated heterocycles. The first-order valence-electron chi connectivity index (χ1n) is 13.6. The van der Waals surface area contributed by atoms with E-state index in [1.165, 1.54) is 18.0 Å².